The maximum Gasteiger partial charge on any atom is 0.0961 e. The summed E-state index contributed by atoms with van der Waals surface area (Å²) in [6, 6.07) is 19.3. The smallest absolute Gasteiger partial charge is 0.0961 e. The number of aromatic nitrogens is 2. The van der Waals surface area contributed by atoms with Crippen molar-refractivity contribution in [3.63, 3.8) is 0 Å². The Morgan fingerprint density at radius 2 is 2.00 bits per heavy atom. The van der Waals surface area contributed by atoms with Crippen LogP contribution in [-0.4, -0.2) is 9.55 Å². The summed E-state index contributed by atoms with van der Waals surface area (Å²) in [5.74, 6) is 0. The Morgan fingerprint density at radius 1 is 1.12 bits per heavy atom. The second kappa shape index (κ2) is 3.81. The van der Waals surface area contributed by atoms with Crippen molar-refractivity contribution in [2.45, 2.75) is 6.54 Å². The fourth-order valence-electron chi connectivity index (χ4n) is 1.86. The maximum absolute atomic E-state index is 4.35. The first-order valence-corrected chi connectivity index (χ1v) is 5.28. The lowest BCUT2D eigenvalue weighted by atomic mass is 10.2. The second-order valence-corrected chi connectivity index (χ2v) is 3.77. The summed E-state index contributed by atoms with van der Waals surface area (Å²) >= 11 is 0. The highest BCUT2D eigenvalue weighted by Crippen LogP contribution is 2.13. The maximum atomic E-state index is 4.35. The van der Waals surface area contributed by atoms with E-state index < -0.39 is 0 Å². The van der Waals surface area contributed by atoms with E-state index in [2.05, 4.69) is 39.9 Å². The van der Waals surface area contributed by atoms with Gasteiger partial charge in [-0.05, 0) is 23.8 Å². The van der Waals surface area contributed by atoms with E-state index in [1.54, 1.807) is 0 Å². The molecule has 0 saturated carbocycles. The first-order valence-electron chi connectivity index (χ1n) is 5.28. The fourth-order valence-corrected chi connectivity index (χ4v) is 1.86. The molecule has 2 aromatic carbocycles. The van der Waals surface area contributed by atoms with Crippen molar-refractivity contribution < 1.29 is 0 Å². The largest absolute Gasteiger partial charge is 0.326 e. The number of rotatable bonds is 2. The minimum atomic E-state index is 0.862. The molecule has 0 atom stereocenters. The summed E-state index contributed by atoms with van der Waals surface area (Å²) in [6.45, 7) is 0.862. The van der Waals surface area contributed by atoms with E-state index in [-0.39, 0.29) is 0 Å². The highest BCUT2D eigenvalue weighted by molar-refractivity contribution is 5.74. The molecule has 3 rings (SSSR count). The predicted molar refractivity (Wildman–Crippen MR) is 64.1 cm³/mol. The first-order chi connectivity index (χ1) is 7.93. The first kappa shape index (κ1) is 9.16. The number of imidazole rings is 1. The van der Waals surface area contributed by atoms with Gasteiger partial charge in [-0.25, -0.2) is 4.98 Å². The molecule has 0 aliphatic carbocycles. The number of hydrogen-bond donors (Lipinski definition) is 0. The van der Waals surface area contributed by atoms with Crippen LogP contribution in [0, 0.1) is 6.07 Å². The van der Waals surface area contributed by atoms with Crippen LogP contribution in [0.4, 0.5) is 0 Å². The molecule has 0 spiro atoms. The van der Waals surface area contributed by atoms with Gasteiger partial charge in [0, 0.05) is 6.54 Å². The van der Waals surface area contributed by atoms with Gasteiger partial charge in [-0.1, -0.05) is 36.4 Å². The Labute approximate surface area is 94.2 Å². The lowest BCUT2D eigenvalue weighted by Gasteiger charge is -2.03. The van der Waals surface area contributed by atoms with Gasteiger partial charge in [-0.2, -0.15) is 0 Å². The number of fused-ring (bicyclic) bond motifs is 1. The molecule has 2 heteroatoms. The van der Waals surface area contributed by atoms with Crippen molar-refractivity contribution in [2.75, 3.05) is 0 Å². The number of nitrogens with zero attached hydrogens (tertiary/aromatic N) is 2. The van der Waals surface area contributed by atoms with Gasteiger partial charge >= 0.3 is 0 Å². The van der Waals surface area contributed by atoms with E-state index in [0.717, 1.165) is 17.6 Å². The third kappa shape index (κ3) is 1.58. The third-order valence-electron chi connectivity index (χ3n) is 2.66. The van der Waals surface area contributed by atoms with Gasteiger partial charge in [-0.3, -0.25) is 0 Å². The predicted octanol–water partition coefficient (Wildman–Crippen LogP) is 2.88. The second-order valence-electron chi connectivity index (χ2n) is 3.77. The molecule has 0 saturated heterocycles. The molecule has 0 N–H and O–H groups in total. The molecule has 1 heterocycles. The summed E-state index contributed by atoms with van der Waals surface area (Å²) in [5.41, 5.74) is 3.44. The summed E-state index contributed by atoms with van der Waals surface area (Å²) in [5, 5.41) is 0. The summed E-state index contributed by atoms with van der Waals surface area (Å²) in [6.07, 6.45) is 1.88. The van der Waals surface area contributed by atoms with Crippen LogP contribution in [0.25, 0.3) is 11.0 Å². The van der Waals surface area contributed by atoms with Crippen LogP contribution in [-0.2, 0) is 6.54 Å². The van der Waals surface area contributed by atoms with E-state index >= 15 is 0 Å². The number of benzene rings is 2. The van der Waals surface area contributed by atoms with Gasteiger partial charge in [0.2, 0.25) is 0 Å². The average molecular weight is 207 g/mol. The third-order valence-corrected chi connectivity index (χ3v) is 2.66. The van der Waals surface area contributed by atoms with Crippen LogP contribution < -0.4 is 0 Å². The van der Waals surface area contributed by atoms with Crippen LogP contribution in [0.5, 0.6) is 0 Å². The van der Waals surface area contributed by atoms with E-state index in [1.807, 2.05) is 30.6 Å². The molecule has 3 aromatic rings. The highest BCUT2D eigenvalue weighted by Gasteiger charge is 2.01. The van der Waals surface area contributed by atoms with E-state index in [0.29, 0.717) is 0 Å². The molecule has 0 bridgehead atoms. The Balaban J connectivity index is 2.01. The zero-order chi connectivity index (χ0) is 10.8. The Kier molecular flexibility index (Phi) is 2.18. The van der Waals surface area contributed by atoms with Crippen LogP contribution in [0.1, 0.15) is 5.56 Å². The Hall–Kier alpha value is -2.09. The van der Waals surface area contributed by atoms with Gasteiger partial charge in [0.1, 0.15) is 0 Å². The van der Waals surface area contributed by atoms with Gasteiger partial charge in [-0.15, -0.1) is 0 Å². The fraction of sp³-hybridized carbons (Fsp3) is 0.0714. The average Bonchev–Trinajstić information content (AvgIpc) is 2.74. The molecule has 0 amide bonds. The SMILES string of the molecule is [c]1ccc2c(c1)ncn2Cc1ccccc1. The van der Waals surface area contributed by atoms with Crippen LogP contribution >= 0.6 is 0 Å². The molecule has 0 unspecified atom stereocenters. The van der Waals surface area contributed by atoms with Gasteiger partial charge in [0.15, 0.2) is 0 Å². The molecule has 1 radical (unpaired) electrons. The Morgan fingerprint density at radius 3 is 2.88 bits per heavy atom. The van der Waals surface area contributed by atoms with Gasteiger partial charge in [0.25, 0.3) is 0 Å². The lowest BCUT2D eigenvalue weighted by molar-refractivity contribution is 0.824. The standard InChI is InChI=1S/C14H11N2/c1-2-6-12(7-3-1)10-16-11-15-13-8-4-5-9-14(13)16/h1-3,5-9,11H,10H2. The molecular formula is C14H11N2. The van der Waals surface area contributed by atoms with Crippen molar-refractivity contribution in [3.8, 4) is 0 Å². The van der Waals surface area contributed by atoms with E-state index in [1.165, 1.54) is 5.56 Å². The zero-order valence-corrected chi connectivity index (χ0v) is 8.80. The van der Waals surface area contributed by atoms with Gasteiger partial charge < -0.3 is 4.57 Å². The van der Waals surface area contributed by atoms with Crippen LogP contribution in [0.3, 0.4) is 0 Å². The summed E-state index contributed by atoms with van der Waals surface area (Å²) < 4.78 is 2.15. The van der Waals surface area contributed by atoms with E-state index in [4.69, 9.17) is 0 Å². The van der Waals surface area contributed by atoms with Gasteiger partial charge in [0.05, 0.1) is 17.4 Å². The molecule has 0 aliphatic rings. The monoisotopic (exact) mass is 207 g/mol. The molecule has 0 fully saturated rings. The molecule has 16 heavy (non-hydrogen) atoms. The quantitative estimate of drug-likeness (QED) is 0.631. The minimum Gasteiger partial charge on any atom is -0.326 e. The molecule has 0 aliphatic heterocycles. The van der Waals surface area contributed by atoms with Crippen molar-refractivity contribution >= 4 is 11.0 Å². The minimum absolute atomic E-state index is 0.862. The number of hydrogen-bond acceptors (Lipinski definition) is 1. The molecule has 2 nitrogen and oxygen atoms in total. The molecule has 77 valence electrons. The topological polar surface area (TPSA) is 17.8 Å². The van der Waals surface area contributed by atoms with Crippen molar-refractivity contribution in [1.29, 1.82) is 0 Å². The van der Waals surface area contributed by atoms with Crippen molar-refractivity contribution in [3.05, 3.63) is 66.5 Å². The van der Waals surface area contributed by atoms with Crippen LogP contribution in [0.2, 0.25) is 0 Å². The molecular weight excluding hydrogens is 196 g/mol. The summed E-state index contributed by atoms with van der Waals surface area (Å²) in [4.78, 5) is 4.35. The van der Waals surface area contributed by atoms with Crippen molar-refractivity contribution in [2.24, 2.45) is 0 Å². The van der Waals surface area contributed by atoms with E-state index in [9.17, 15) is 0 Å². The normalized spacial score (nSPS) is 10.8. The highest BCUT2D eigenvalue weighted by atomic mass is 15.0. The molecule has 1 aromatic heterocycles. The Bertz CT molecular complexity index is 596. The van der Waals surface area contributed by atoms with Crippen molar-refractivity contribution in [1.82, 2.24) is 9.55 Å². The summed E-state index contributed by atoms with van der Waals surface area (Å²) in [7, 11) is 0. The zero-order valence-electron chi connectivity index (χ0n) is 8.80. The van der Waals surface area contributed by atoms with Crippen LogP contribution in [0.15, 0.2) is 54.9 Å². The lowest BCUT2D eigenvalue weighted by Crippen LogP contribution is -1.97.